The summed E-state index contributed by atoms with van der Waals surface area (Å²) in [6.45, 7) is 3.79. The summed E-state index contributed by atoms with van der Waals surface area (Å²) < 4.78 is 11.0. The second-order valence-corrected chi connectivity index (χ2v) is 2.76. The first-order chi connectivity index (χ1) is 5.77. The summed E-state index contributed by atoms with van der Waals surface area (Å²) in [5.41, 5.74) is 0. The average molecular weight is 162 g/mol. The van der Waals surface area contributed by atoms with Gasteiger partial charge in [0.1, 0.15) is 11.5 Å². The highest BCUT2D eigenvalue weighted by Gasteiger charge is 2.13. The zero-order valence-electron chi connectivity index (χ0n) is 7.13. The van der Waals surface area contributed by atoms with Gasteiger partial charge < -0.3 is 9.47 Å². The molecule has 0 aliphatic carbocycles. The van der Waals surface area contributed by atoms with Gasteiger partial charge in [0.05, 0.1) is 0 Å². The Bertz CT molecular complexity index is 306. The van der Waals surface area contributed by atoms with Gasteiger partial charge in [0, 0.05) is 0 Å². The van der Waals surface area contributed by atoms with Gasteiger partial charge >= 0.3 is 0 Å². The summed E-state index contributed by atoms with van der Waals surface area (Å²) >= 11 is 0. The van der Waals surface area contributed by atoms with E-state index in [-0.39, 0.29) is 0 Å². The van der Waals surface area contributed by atoms with E-state index in [1.165, 1.54) is 0 Å². The molecule has 0 bridgehead atoms. The van der Waals surface area contributed by atoms with Crippen LogP contribution in [0.1, 0.15) is 13.8 Å². The van der Waals surface area contributed by atoms with E-state index in [0.717, 1.165) is 23.0 Å². The van der Waals surface area contributed by atoms with Crippen LogP contribution in [0.2, 0.25) is 0 Å². The summed E-state index contributed by atoms with van der Waals surface area (Å²) in [6, 6.07) is 7.64. The minimum absolute atomic E-state index is 0.792. The largest absolute Gasteiger partial charge is 0.455 e. The van der Waals surface area contributed by atoms with E-state index in [9.17, 15) is 0 Å². The summed E-state index contributed by atoms with van der Waals surface area (Å²) in [5.74, 6) is 3.24. The highest BCUT2D eigenvalue weighted by Crippen LogP contribution is 2.33. The van der Waals surface area contributed by atoms with E-state index in [0.29, 0.717) is 0 Å². The predicted octanol–water partition coefficient (Wildman–Crippen LogP) is 2.71. The summed E-state index contributed by atoms with van der Waals surface area (Å²) in [6.07, 6.45) is 0. The maximum absolute atomic E-state index is 5.50. The van der Waals surface area contributed by atoms with E-state index in [4.69, 9.17) is 9.47 Å². The molecule has 0 radical (unpaired) electrons. The first-order valence-corrected chi connectivity index (χ1v) is 3.89. The number of fused-ring (bicyclic) bond motifs is 1. The van der Waals surface area contributed by atoms with Gasteiger partial charge in [-0.25, -0.2) is 0 Å². The van der Waals surface area contributed by atoms with Gasteiger partial charge in [0.2, 0.25) is 0 Å². The number of ether oxygens (including phenoxy) is 2. The van der Waals surface area contributed by atoms with Gasteiger partial charge in [-0.15, -0.1) is 0 Å². The molecule has 0 saturated heterocycles. The Balaban J connectivity index is 2.43. The van der Waals surface area contributed by atoms with Crippen molar-refractivity contribution >= 4 is 0 Å². The van der Waals surface area contributed by atoms with E-state index >= 15 is 0 Å². The van der Waals surface area contributed by atoms with Crippen molar-refractivity contribution in [3.63, 3.8) is 0 Å². The summed E-state index contributed by atoms with van der Waals surface area (Å²) in [7, 11) is 0. The molecule has 1 aromatic rings. The Morgan fingerprint density at radius 1 is 0.833 bits per heavy atom. The lowest BCUT2D eigenvalue weighted by Crippen LogP contribution is -2.07. The standard InChI is InChI=1S/C10H10O2/c1-7-8(2)12-10-6-4-3-5-9(10)11-7/h3-6H,1-2H3. The van der Waals surface area contributed by atoms with Crippen molar-refractivity contribution in [2.45, 2.75) is 13.8 Å². The van der Waals surface area contributed by atoms with Crippen LogP contribution in [0.3, 0.4) is 0 Å². The molecule has 1 aromatic carbocycles. The Kier molecular flexibility index (Phi) is 1.54. The van der Waals surface area contributed by atoms with E-state index in [1.807, 2.05) is 38.1 Å². The monoisotopic (exact) mass is 162 g/mol. The lowest BCUT2D eigenvalue weighted by Gasteiger charge is -2.19. The quantitative estimate of drug-likeness (QED) is 0.584. The van der Waals surface area contributed by atoms with Gasteiger partial charge in [0.25, 0.3) is 0 Å². The lowest BCUT2D eigenvalue weighted by molar-refractivity contribution is 0.296. The third kappa shape index (κ3) is 1.05. The number of para-hydroxylation sites is 2. The first-order valence-electron chi connectivity index (χ1n) is 3.89. The molecular formula is C10H10O2. The van der Waals surface area contributed by atoms with Crippen LogP contribution in [0.5, 0.6) is 11.5 Å². The summed E-state index contributed by atoms with van der Waals surface area (Å²) in [4.78, 5) is 0. The molecule has 1 aliphatic heterocycles. The number of allylic oxidation sites excluding steroid dienone is 2. The van der Waals surface area contributed by atoms with Crippen molar-refractivity contribution in [3.8, 4) is 11.5 Å². The van der Waals surface area contributed by atoms with Gasteiger partial charge in [-0.1, -0.05) is 12.1 Å². The Hall–Kier alpha value is -1.44. The molecule has 12 heavy (non-hydrogen) atoms. The third-order valence-electron chi connectivity index (χ3n) is 1.87. The van der Waals surface area contributed by atoms with Crippen LogP contribution in [0.25, 0.3) is 0 Å². The normalized spacial score (nSPS) is 14.8. The van der Waals surface area contributed by atoms with Crippen LogP contribution >= 0.6 is 0 Å². The van der Waals surface area contributed by atoms with Crippen molar-refractivity contribution in [1.29, 1.82) is 0 Å². The van der Waals surface area contributed by atoms with Crippen LogP contribution < -0.4 is 9.47 Å². The van der Waals surface area contributed by atoms with E-state index in [2.05, 4.69) is 0 Å². The Morgan fingerprint density at radius 2 is 1.25 bits per heavy atom. The van der Waals surface area contributed by atoms with Gasteiger partial charge in [-0.3, -0.25) is 0 Å². The fourth-order valence-corrected chi connectivity index (χ4v) is 1.09. The third-order valence-corrected chi connectivity index (χ3v) is 1.87. The summed E-state index contributed by atoms with van der Waals surface area (Å²) in [5, 5.41) is 0. The molecule has 0 atom stereocenters. The molecule has 62 valence electrons. The Morgan fingerprint density at radius 3 is 1.67 bits per heavy atom. The molecule has 0 N–H and O–H groups in total. The molecule has 1 aliphatic rings. The van der Waals surface area contributed by atoms with Crippen LogP contribution in [-0.2, 0) is 0 Å². The molecule has 2 rings (SSSR count). The highest BCUT2D eigenvalue weighted by molar-refractivity contribution is 5.43. The van der Waals surface area contributed by atoms with Gasteiger partial charge in [-0.2, -0.15) is 0 Å². The van der Waals surface area contributed by atoms with E-state index < -0.39 is 0 Å². The van der Waals surface area contributed by atoms with Crippen molar-refractivity contribution in [1.82, 2.24) is 0 Å². The fourth-order valence-electron chi connectivity index (χ4n) is 1.09. The predicted molar refractivity (Wildman–Crippen MR) is 46.1 cm³/mol. The zero-order chi connectivity index (χ0) is 8.55. The van der Waals surface area contributed by atoms with Crippen LogP contribution in [0.15, 0.2) is 35.8 Å². The minimum Gasteiger partial charge on any atom is -0.455 e. The topological polar surface area (TPSA) is 18.5 Å². The van der Waals surface area contributed by atoms with Crippen molar-refractivity contribution in [3.05, 3.63) is 35.8 Å². The maximum atomic E-state index is 5.50. The van der Waals surface area contributed by atoms with Crippen molar-refractivity contribution < 1.29 is 9.47 Å². The lowest BCUT2D eigenvalue weighted by atomic mass is 10.3. The molecule has 0 spiro atoms. The van der Waals surface area contributed by atoms with Gasteiger partial charge in [0.15, 0.2) is 11.5 Å². The molecule has 1 heterocycles. The maximum Gasteiger partial charge on any atom is 0.169 e. The van der Waals surface area contributed by atoms with Crippen LogP contribution in [-0.4, -0.2) is 0 Å². The second-order valence-electron chi connectivity index (χ2n) is 2.76. The number of rotatable bonds is 0. The average Bonchev–Trinajstić information content (AvgIpc) is 2.07. The van der Waals surface area contributed by atoms with Crippen molar-refractivity contribution in [2.24, 2.45) is 0 Å². The second kappa shape index (κ2) is 2.55. The number of hydrogen-bond acceptors (Lipinski definition) is 2. The fraction of sp³-hybridized carbons (Fsp3) is 0.200. The zero-order valence-corrected chi connectivity index (χ0v) is 7.13. The molecule has 0 unspecified atom stereocenters. The van der Waals surface area contributed by atoms with Crippen LogP contribution in [0, 0.1) is 0 Å². The van der Waals surface area contributed by atoms with E-state index in [1.54, 1.807) is 0 Å². The molecule has 0 fully saturated rings. The molecule has 0 aromatic heterocycles. The van der Waals surface area contributed by atoms with Crippen molar-refractivity contribution in [2.75, 3.05) is 0 Å². The van der Waals surface area contributed by atoms with Gasteiger partial charge in [-0.05, 0) is 26.0 Å². The van der Waals surface area contributed by atoms with Crippen LogP contribution in [0.4, 0.5) is 0 Å². The molecule has 2 heteroatoms. The molecule has 2 nitrogen and oxygen atoms in total. The Labute approximate surface area is 71.4 Å². The molecule has 0 saturated carbocycles. The molecular weight excluding hydrogens is 152 g/mol. The number of hydrogen-bond donors (Lipinski definition) is 0. The number of benzene rings is 1. The smallest absolute Gasteiger partial charge is 0.169 e. The molecule has 0 amide bonds. The SMILES string of the molecule is CC1=C(C)Oc2ccccc2O1. The first kappa shape index (κ1) is 7.22. The highest BCUT2D eigenvalue weighted by atomic mass is 16.6. The minimum atomic E-state index is 0.792.